The molecule has 0 heterocycles. The van der Waals surface area contributed by atoms with E-state index < -0.39 is 0 Å². The van der Waals surface area contributed by atoms with Crippen LogP contribution >= 0.6 is 0 Å². The first-order valence-corrected chi connectivity index (χ1v) is 4.98. The topological polar surface area (TPSA) is 61.7 Å². The lowest BCUT2D eigenvalue weighted by Crippen LogP contribution is -2.44. The molecule has 86 valence electrons. The summed E-state index contributed by atoms with van der Waals surface area (Å²) < 4.78 is 5.29. The molecule has 0 aliphatic carbocycles. The lowest BCUT2D eigenvalue weighted by molar-refractivity contribution is 0.00602. The molecule has 0 aliphatic rings. The van der Waals surface area contributed by atoms with Crippen molar-refractivity contribution in [3.8, 4) is 0 Å². The van der Waals surface area contributed by atoms with Crippen LogP contribution in [0, 0.1) is 0 Å². The summed E-state index contributed by atoms with van der Waals surface area (Å²) in [7, 11) is 1.68. The number of nitrogens with one attached hydrogen (secondary N) is 1. The molecule has 0 amide bonds. The first-order chi connectivity index (χ1) is 6.45. The van der Waals surface area contributed by atoms with Gasteiger partial charge in [0.25, 0.3) is 0 Å². The van der Waals surface area contributed by atoms with E-state index in [1.807, 2.05) is 20.8 Å². The van der Waals surface area contributed by atoms with Gasteiger partial charge in [-0.1, -0.05) is 0 Å². The Morgan fingerprint density at radius 1 is 1.29 bits per heavy atom. The van der Waals surface area contributed by atoms with Gasteiger partial charge in [-0.25, -0.2) is 0 Å². The van der Waals surface area contributed by atoms with Crippen molar-refractivity contribution in [1.29, 1.82) is 0 Å². The second-order valence-electron chi connectivity index (χ2n) is 4.30. The minimum atomic E-state index is -0.238. The Balaban J connectivity index is 3.90. The Morgan fingerprint density at radius 2 is 1.79 bits per heavy atom. The SMILES string of the molecule is COC(C)(C)C[C@@H](C)NC(CO)CO. The zero-order valence-electron chi connectivity index (χ0n) is 9.58. The van der Waals surface area contributed by atoms with Crippen molar-refractivity contribution < 1.29 is 14.9 Å². The van der Waals surface area contributed by atoms with Gasteiger partial charge in [0.05, 0.1) is 24.9 Å². The third kappa shape index (κ3) is 5.54. The fourth-order valence-corrected chi connectivity index (χ4v) is 1.45. The summed E-state index contributed by atoms with van der Waals surface area (Å²) in [5.74, 6) is 0. The van der Waals surface area contributed by atoms with E-state index in [0.717, 1.165) is 6.42 Å². The predicted octanol–water partition coefficient (Wildman–Crippen LogP) is 0.133. The van der Waals surface area contributed by atoms with Crippen molar-refractivity contribution in [2.24, 2.45) is 0 Å². The molecular weight excluding hydrogens is 182 g/mol. The fourth-order valence-electron chi connectivity index (χ4n) is 1.45. The van der Waals surface area contributed by atoms with Crippen LogP contribution in [0.1, 0.15) is 27.2 Å². The number of aliphatic hydroxyl groups excluding tert-OH is 2. The summed E-state index contributed by atoms with van der Waals surface area (Å²) >= 11 is 0. The standard InChI is InChI=1S/C10H23NO3/c1-8(5-10(2,3)14-4)11-9(6-12)7-13/h8-9,11-13H,5-7H2,1-4H3/t8-/m1/s1. The Hall–Kier alpha value is -0.160. The molecule has 0 aromatic heterocycles. The summed E-state index contributed by atoms with van der Waals surface area (Å²) in [4.78, 5) is 0. The van der Waals surface area contributed by atoms with Gasteiger partial charge < -0.3 is 20.3 Å². The largest absolute Gasteiger partial charge is 0.395 e. The highest BCUT2D eigenvalue weighted by Gasteiger charge is 2.21. The maximum absolute atomic E-state index is 8.88. The lowest BCUT2D eigenvalue weighted by atomic mass is 9.99. The lowest BCUT2D eigenvalue weighted by Gasteiger charge is -2.29. The van der Waals surface area contributed by atoms with Gasteiger partial charge in [-0.2, -0.15) is 0 Å². The van der Waals surface area contributed by atoms with Crippen LogP contribution in [0.4, 0.5) is 0 Å². The van der Waals surface area contributed by atoms with Crippen LogP contribution in [0.25, 0.3) is 0 Å². The number of hydrogen-bond donors (Lipinski definition) is 3. The van der Waals surface area contributed by atoms with Crippen molar-refractivity contribution >= 4 is 0 Å². The van der Waals surface area contributed by atoms with Crippen LogP contribution < -0.4 is 5.32 Å². The number of aliphatic hydroxyl groups is 2. The molecule has 0 saturated carbocycles. The molecule has 4 heteroatoms. The first-order valence-electron chi connectivity index (χ1n) is 4.98. The van der Waals surface area contributed by atoms with Gasteiger partial charge in [-0.05, 0) is 27.2 Å². The second kappa shape index (κ2) is 6.35. The Bertz CT molecular complexity index is 146. The van der Waals surface area contributed by atoms with Crippen LogP contribution in [0.15, 0.2) is 0 Å². The van der Waals surface area contributed by atoms with E-state index >= 15 is 0 Å². The minimum Gasteiger partial charge on any atom is -0.395 e. The molecule has 0 aromatic carbocycles. The highest BCUT2D eigenvalue weighted by atomic mass is 16.5. The zero-order chi connectivity index (χ0) is 11.2. The molecule has 0 unspecified atom stereocenters. The van der Waals surface area contributed by atoms with Crippen molar-refractivity contribution in [3.05, 3.63) is 0 Å². The molecular formula is C10H23NO3. The van der Waals surface area contributed by atoms with E-state index in [9.17, 15) is 0 Å². The second-order valence-corrected chi connectivity index (χ2v) is 4.30. The van der Waals surface area contributed by atoms with Crippen molar-refractivity contribution in [2.45, 2.75) is 44.9 Å². The molecule has 4 nitrogen and oxygen atoms in total. The van der Waals surface area contributed by atoms with Crippen LogP contribution in [0.5, 0.6) is 0 Å². The van der Waals surface area contributed by atoms with Crippen molar-refractivity contribution in [2.75, 3.05) is 20.3 Å². The quantitative estimate of drug-likeness (QED) is 0.553. The maximum atomic E-state index is 8.88. The normalized spacial score (nSPS) is 14.8. The van der Waals surface area contributed by atoms with Crippen molar-refractivity contribution in [1.82, 2.24) is 5.32 Å². The molecule has 0 aromatic rings. The highest BCUT2D eigenvalue weighted by Crippen LogP contribution is 2.15. The summed E-state index contributed by atoms with van der Waals surface area (Å²) in [5.41, 5.74) is -0.179. The molecule has 0 rings (SSSR count). The number of rotatable bonds is 7. The van der Waals surface area contributed by atoms with Gasteiger partial charge in [0.1, 0.15) is 0 Å². The summed E-state index contributed by atoms with van der Waals surface area (Å²) in [5, 5.41) is 20.9. The molecule has 14 heavy (non-hydrogen) atoms. The number of ether oxygens (including phenoxy) is 1. The third-order valence-electron chi connectivity index (χ3n) is 2.31. The van der Waals surface area contributed by atoms with E-state index in [0.29, 0.717) is 0 Å². The Morgan fingerprint density at radius 3 is 2.14 bits per heavy atom. The van der Waals surface area contributed by atoms with Gasteiger partial charge >= 0.3 is 0 Å². The molecule has 0 radical (unpaired) electrons. The molecule has 1 atom stereocenters. The van der Waals surface area contributed by atoms with Crippen molar-refractivity contribution in [3.63, 3.8) is 0 Å². The van der Waals surface area contributed by atoms with E-state index in [4.69, 9.17) is 14.9 Å². The van der Waals surface area contributed by atoms with Gasteiger partial charge in [0, 0.05) is 13.2 Å². The van der Waals surface area contributed by atoms with Crippen LogP contribution in [0.3, 0.4) is 0 Å². The van der Waals surface area contributed by atoms with E-state index in [-0.39, 0.29) is 30.9 Å². The van der Waals surface area contributed by atoms with Gasteiger partial charge in [0.15, 0.2) is 0 Å². The summed E-state index contributed by atoms with van der Waals surface area (Å²) in [6.45, 7) is 5.94. The molecule has 3 N–H and O–H groups in total. The molecule has 0 saturated heterocycles. The van der Waals surface area contributed by atoms with Gasteiger partial charge in [-0.15, -0.1) is 0 Å². The monoisotopic (exact) mass is 205 g/mol. The molecule has 0 aliphatic heterocycles. The summed E-state index contributed by atoms with van der Waals surface area (Å²) in [6.07, 6.45) is 0.833. The average molecular weight is 205 g/mol. The van der Waals surface area contributed by atoms with Gasteiger partial charge in [0.2, 0.25) is 0 Å². The number of methoxy groups -OCH3 is 1. The van der Waals surface area contributed by atoms with E-state index in [1.54, 1.807) is 7.11 Å². The smallest absolute Gasteiger partial charge is 0.0637 e. The van der Waals surface area contributed by atoms with E-state index in [2.05, 4.69) is 5.32 Å². The zero-order valence-corrected chi connectivity index (χ0v) is 9.58. The predicted molar refractivity (Wildman–Crippen MR) is 56.3 cm³/mol. The van der Waals surface area contributed by atoms with Gasteiger partial charge in [-0.3, -0.25) is 0 Å². The van der Waals surface area contributed by atoms with E-state index in [1.165, 1.54) is 0 Å². The van der Waals surface area contributed by atoms with Crippen LogP contribution in [-0.2, 0) is 4.74 Å². The maximum Gasteiger partial charge on any atom is 0.0637 e. The minimum absolute atomic E-state index is 0.0474. The molecule has 0 fully saturated rings. The highest BCUT2D eigenvalue weighted by molar-refractivity contribution is 4.78. The molecule has 0 bridgehead atoms. The van der Waals surface area contributed by atoms with Crippen LogP contribution in [0.2, 0.25) is 0 Å². The summed E-state index contributed by atoms with van der Waals surface area (Å²) in [6, 6.07) is -0.0353. The first kappa shape index (κ1) is 13.8. The third-order valence-corrected chi connectivity index (χ3v) is 2.31. The average Bonchev–Trinajstić information content (AvgIpc) is 2.13. The Labute approximate surface area is 86.3 Å². The Kier molecular flexibility index (Phi) is 6.27. The number of hydrogen-bond acceptors (Lipinski definition) is 4. The fraction of sp³-hybridized carbons (Fsp3) is 1.00. The van der Waals surface area contributed by atoms with Crippen LogP contribution in [-0.4, -0.2) is 48.2 Å². The molecule has 0 spiro atoms.